The lowest BCUT2D eigenvalue weighted by Crippen LogP contribution is -2.44. The topological polar surface area (TPSA) is 67.3 Å². The molecule has 0 saturated carbocycles. The maximum atomic E-state index is 12.6. The van der Waals surface area contributed by atoms with Crippen LogP contribution in [0.15, 0.2) is 30.3 Å². The standard InChI is InChI=1S/C23H30N4O2/c1-29-15-7-13-24-23(28)18-10-6-14-27(16-18)22-19-11-5-12-20(19)25-21(26-22)17-8-3-2-4-9-17/h2-4,8-9,18H,5-7,10-16H2,1H3,(H,24,28)/t18-/m1/s1. The summed E-state index contributed by atoms with van der Waals surface area (Å²) in [7, 11) is 1.69. The van der Waals surface area contributed by atoms with E-state index in [0.717, 1.165) is 68.8 Å². The zero-order valence-electron chi connectivity index (χ0n) is 17.2. The first-order valence-corrected chi connectivity index (χ1v) is 10.7. The molecule has 0 radical (unpaired) electrons. The molecule has 29 heavy (non-hydrogen) atoms. The zero-order valence-corrected chi connectivity index (χ0v) is 17.2. The highest BCUT2D eigenvalue weighted by atomic mass is 16.5. The van der Waals surface area contributed by atoms with Crippen molar-refractivity contribution < 1.29 is 9.53 Å². The molecular formula is C23H30N4O2. The number of ether oxygens (including phenoxy) is 1. The van der Waals surface area contributed by atoms with E-state index in [1.165, 1.54) is 11.3 Å². The van der Waals surface area contributed by atoms with E-state index in [4.69, 9.17) is 14.7 Å². The van der Waals surface area contributed by atoms with Crippen molar-refractivity contribution in [3.63, 3.8) is 0 Å². The predicted molar refractivity (Wildman–Crippen MR) is 114 cm³/mol. The van der Waals surface area contributed by atoms with Crippen LogP contribution >= 0.6 is 0 Å². The van der Waals surface area contributed by atoms with Crippen molar-refractivity contribution in [2.24, 2.45) is 5.92 Å². The van der Waals surface area contributed by atoms with Gasteiger partial charge in [-0.1, -0.05) is 30.3 Å². The number of amides is 1. The van der Waals surface area contributed by atoms with E-state index in [9.17, 15) is 4.79 Å². The summed E-state index contributed by atoms with van der Waals surface area (Å²) in [4.78, 5) is 24.8. The molecule has 1 atom stereocenters. The number of methoxy groups -OCH3 is 1. The lowest BCUT2D eigenvalue weighted by molar-refractivity contribution is -0.125. The molecule has 1 aromatic heterocycles. The molecular weight excluding hydrogens is 364 g/mol. The van der Waals surface area contributed by atoms with Crippen LogP contribution in [0.1, 0.15) is 36.9 Å². The van der Waals surface area contributed by atoms with Gasteiger partial charge in [-0.25, -0.2) is 9.97 Å². The number of carbonyl (C=O) groups excluding carboxylic acids is 1. The second kappa shape index (κ2) is 9.35. The van der Waals surface area contributed by atoms with Gasteiger partial charge >= 0.3 is 0 Å². The Morgan fingerprint density at radius 2 is 2.07 bits per heavy atom. The number of hydrogen-bond donors (Lipinski definition) is 1. The number of piperidine rings is 1. The summed E-state index contributed by atoms with van der Waals surface area (Å²) in [6.45, 7) is 3.02. The molecule has 1 aromatic carbocycles. The highest BCUT2D eigenvalue weighted by Gasteiger charge is 2.30. The van der Waals surface area contributed by atoms with Gasteiger partial charge in [0.05, 0.1) is 5.92 Å². The van der Waals surface area contributed by atoms with E-state index in [1.807, 2.05) is 18.2 Å². The van der Waals surface area contributed by atoms with E-state index in [0.29, 0.717) is 13.2 Å². The largest absolute Gasteiger partial charge is 0.385 e. The average molecular weight is 395 g/mol. The molecule has 4 rings (SSSR count). The first kappa shape index (κ1) is 19.8. The maximum Gasteiger partial charge on any atom is 0.224 e. The van der Waals surface area contributed by atoms with Crippen LogP contribution < -0.4 is 10.2 Å². The Hall–Kier alpha value is -2.47. The number of fused-ring (bicyclic) bond motifs is 1. The number of carbonyl (C=O) groups is 1. The minimum absolute atomic E-state index is 0.0125. The number of hydrogen-bond acceptors (Lipinski definition) is 5. The van der Waals surface area contributed by atoms with Crippen LogP contribution in [0.2, 0.25) is 0 Å². The second-order valence-electron chi connectivity index (χ2n) is 7.94. The molecule has 6 nitrogen and oxygen atoms in total. The summed E-state index contributed by atoms with van der Waals surface area (Å²) >= 11 is 0. The summed E-state index contributed by atoms with van der Waals surface area (Å²) in [5.74, 6) is 2.01. The molecule has 2 heterocycles. The summed E-state index contributed by atoms with van der Waals surface area (Å²) in [6.07, 6.45) is 5.97. The van der Waals surface area contributed by atoms with Gasteiger partial charge in [-0.15, -0.1) is 0 Å². The number of anilines is 1. The lowest BCUT2D eigenvalue weighted by Gasteiger charge is -2.34. The van der Waals surface area contributed by atoms with Gasteiger partial charge in [0.25, 0.3) is 0 Å². The first-order chi connectivity index (χ1) is 14.3. The molecule has 1 aliphatic carbocycles. The fourth-order valence-electron chi connectivity index (χ4n) is 4.35. The van der Waals surface area contributed by atoms with Gasteiger partial charge in [0, 0.05) is 50.2 Å². The first-order valence-electron chi connectivity index (χ1n) is 10.7. The van der Waals surface area contributed by atoms with Crippen LogP contribution in [0.4, 0.5) is 5.82 Å². The van der Waals surface area contributed by atoms with Gasteiger partial charge in [0.2, 0.25) is 5.91 Å². The molecule has 0 spiro atoms. The zero-order chi connectivity index (χ0) is 20.1. The predicted octanol–water partition coefficient (Wildman–Crippen LogP) is 3.00. The Bertz CT molecular complexity index is 840. The van der Waals surface area contributed by atoms with Crippen LogP contribution in [0.25, 0.3) is 11.4 Å². The van der Waals surface area contributed by atoms with Crippen LogP contribution in [0.3, 0.4) is 0 Å². The number of aryl methyl sites for hydroxylation is 1. The molecule has 0 bridgehead atoms. The molecule has 2 aliphatic rings. The van der Waals surface area contributed by atoms with Gasteiger partial charge in [-0.05, 0) is 38.5 Å². The lowest BCUT2D eigenvalue weighted by atomic mass is 9.96. The van der Waals surface area contributed by atoms with Crippen molar-refractivity contribution in [3.05, 3.63) is 41.6 Å². The van der Waals surface area contributed by atoms with E-state index in [-0.39, 0.29) is 11.8 Å². The number of rotatable bonds is 7. The third kappa shape index (κ3) is 4.58. The molecule has 6 heteroatoms. The fourth-order valence-corrected chi connectivity index (χ4v) is 4.35. The normalized spacial score (nSPS) is 18.5. The summed E-state index contributed by atoms with van der Waals surface area (Å²) in [5.41, 5.74) is 3.51. The van der Waals surface area contributed by atoms with E-state index in [2.05, 4.69) is 22.3 Å². The van der Waals surface area contributed by atoms with Crippen molar-refractivity contribution in [2.45, 2.75) is 38.5 Å². The molecule has 1 N–H and O–H groups in total. The van der Waals surface area contributed by atoms with Crippen LogP contribution in [-0.4, -0.2) is 49.2 Å². The van der Waals surface area contributed by atoms with Gasteiger partial charge in [-0.3, -0.25) is 4.79 Å². The Morgan fingerprint density at radius 3 is 2.90 bits per heavy atom. The Labute approximate surface area is 172 Å². The highest BCUT2D eigenvalue weighted by molar-refractivity contribution is 5.79. The summed E-state index contributed by atoms with van der Waals surface area (Å²) in [6, 6.07) is 10.2. The molecule has 1 amide bonds. The smallest absolute Gasteiger partial charge is 0.224 e. The monoisotopic (exact) mass is 394 g/mol. The van der Waals surface area contributed by atoms with E-state index >= 15 is 0 Å². The van der Waals surface area contributed by atoms with E-state index < -0.39 is 0 Å². The van der Waals surface area contributed by atoms with Crippen LogP contribution in [0, 0.1) is 5.92 Å². The number of aromatic nitrogens is 2. The SMILES string of the molecule is COCCCNC(=O)[C@@H]1CCCN(c2nc(-c3ccccc3)nc3c2CCC3)C1. The van der Waals surface area contributed by atoms with Gasteiger partial charge < -0.3 is 15.0 Å². The fraction of sp³-hybridized carbons (Fsp3) is 0.522. The number of nitrogens with zero attached hydrogens (tertiary/aromatic N) is 3. The molecule has 0 unspecified atom stereocenters. The minimum atomic E-state index is 0.0125. The van der Waals surface area contributed by atoms with Crippen molar-refractivity contribution >= 4 is 11.7 Å². The molecule has 2 aromatic rings. The average Bonchev–Trinajstić information content (AvgIpc) is 3.25. The molecule has 1 aliphatic heterocycles. The van der Waals surface area contributed by atoms with Crippen molar-refractivity contribution in [3.8, 4) is 11.4 Å². The second-order valence-corrected chi connectivity index (χ2v) is 7.94. The van der Waals surface area contributed by atoms with Gasteiger partial charge in [-0.2, -0.15) is 0 Å². The molecule has 1 saturated heterocycles. The quantitative estimate of drug-likeness (QED) is 0.731. The molecule has 1 fully saturated rings. The maximum absolute atomic E-state index is 12.6. The Kier molecular flexibility index (Phi) is 6.39. The van der Waals surface area contributed by atoms with E-state index in [1.54, 1.807) is 7.11 Å². The highest BCUT2D eigenvalue weighted by Crippen LogP contribution is 2.33. The third-order valence-electron chi connectivity index (χ3n) is 5.86. The minimum Gasteiger partial charge on any atom is -0.385 e. The number of benzene rings is 1. The van der Waals surface area contributed by atoms with Crippen molar-refractivity contribution in [1.82, 2.24) is 15.3 Å². The van der Waals surface area contributed by atoms with Crippen molar-refractivity contribution in [1.29, 1.82) is 0 Å². The Balaban J connectivity index is 1.53. The van der Waals surface area contributed by atoms with Gasteiger partial charge in [0.1, 0.15) is 5.82 Å². The van der Waals surface area contributed by atoms with Crippen molar-refractivity contribution in [2.75, 3.05) is 38.3 Å². The van der Waals surface area contributed by atoms with Crippen LogP contribution in [-0.2, 0) is 22.4 Å². The third-order valence-corrected chi connectivity index (χ3v) is 5.86. The summed E-state index contributed by atoms with van der Waals surface area (Å²) in [5, 5.41) is 3.07. The summed E-state index contributed by atoms with van der Waals surface area (Å²) < 4.78 is 5.06. The Morgan fingerprint density at radius 1 is 1.21 bits per heavy atom. The molecule has 154 valence electrons. The van der Waals surface area contributed by atoms with Crippen LogP contribution in [0.5, 0.6) is 0 Å². The van der Waals surface area contributed by atoms with Gasteiger partial charge in [0.15, 0.2) is 5.82 Å². The number of nitrogens with one attached hydrogen (secondary N) is 1.